The minimum Gasteiger partial charge on any atom is -0.478 e. The van der Waals surface area contributed by atoms with E-state index in [4.69, 9.17) is 18.7 Å². The first-order valence-corrected chi connectivity index (χ1v) is 6.56. The minimum atomic E-state index is -3.91. The molecule has 98 valence electrons. The Kier molecular flexibility index (Phi) is 6.43. The first-order chi connectivity index (χ1) is 7.83. The Morgan fingerprint density at radius 2 is 1.82 bits per heavy atom. The number of carboxylic acids is 1. The van der Waals surface area contributed by atoms with E-state index in [-0.39, 0.29) is 13.2 Å². The Bertz CT molecular complexity index is 359. The second-order valence-corrected chi connectivity index (χ2v) is 4.68. The molecule has 0 saturated carbocycles. The van der Waals surface area contributed by atoms with Crippen LogP contribution in [0, 0.1) is 11.8 Å². The fourth-order valence-corrected chi connectivity index (χ4v) is 2.37. The molecule has 0 rings (SSSR count). The lowest BCUT2D eigenvalue weighted by Gasteiger charge is -2.24. The van der Waals surface area contributed by atoms with E-state index in [0.717, 1.165) is 0 Å². The van der Waals surface area contributed by atoms with E-state index in [1.54, 1.807) is 13.8 Å². The summed E-state index contributed by atoms with van der Waals surface area (Å²) in [6, 6.07) is 0. The number of phosphoric ester groups is 1. The number of hydrogen-bond donors (Lipinski definition) is 1. The van der Waals surface area contributed by atoms with Crippen LogP contribution in [0.25, 0.3) is 0 Å². The molecule has 0 amide bonds. The van der Waals surface area contributed by atoms with Gasteiger partial charge in [-0.15, -0.1) is 5.92 Å². The van der Waals surface area contributed by atoms with Crippen LogP contribution in [0.2, 0.25) is 0 Å². The van der Waals surface area contributed by atoms with Crippen molar-refractivity contribution in [3.63, 3.8) is 0 Å². The minimum absolute atomic E-state index is 0.0759. The van der Waals surface area contributed by atoms with Gasteiger partial charge in [-0.25, -0.2) is 9.36 Å². The molecule has 0 fully saturated rings. The topological polar surface area (TPSA) is 82.1 Å². The highest BCUT2D eigenvalue weighted by atomic mass is 31.2. The van der Waals surface area contributed by atoms with E-state index >= 15 is 0 Å². The molecule has 7 heteroatoms. The third-order valence-electron chi connectivity index (χ3n) is 1.64. The fraction of sp³-hybridized carbons (Fsp3) is 0.700. The summed E-state index contributed by atoms with van der Waals surface area (Å²) >= 11 is 0. The molecule has 1 N–H and O–H groups in total. The molecule has 0 aliphatic heterocycles. The summed E-state index contributed by atoms with van der Waals surface area (Å²) in [5, 5.41) is 9.00. The molecule has 0 aromatic heterocycles. The van der Waals surface area contributed by atoms with E-state index < -0.39 is 19.4 Å². The third kappa shape index (κ3) is 4.88. The average molecular weight is 264 g/mol. The number of aliphatic carboxylic acids is 1. The Morgan fingerprint density at radius 1 is 1.35 bits per heavy atom. The van der Waals surface area contributed by atoms with Gasteiger partial charge in [-0.2, -0.15) is 0 Å². The third-order valence-corrected chi connectivity index (χ3v) is 3.38. The monoisotopic (exact) mass is 264 g/mol. The van der Waals surface area contributed by atoms with Crippen LogP contribution in [0.3, 0.4) is 0 Å². The number of phosphoric acid groups is 1. The van der Waals surface area contributed by atoms with Gasteiger partial charge in [-0.05, 0) is 27.7 Å². The SMILES string of the molecule is CC#CC(C)(OP(=O)(OCC)OCC)C(=O)O. The first kappa shape index (κ1) is 16.1. The molecular weight excluding hydrogens is 247 g/mol. The van der Waals surface area contributed by atoms with Crippen molar-refractivity contribution in [1.82, 2.24) is 0 Å². The molecule has 0 spiro atoms. The maximum absolute atomic E-state index is 12.0. The molecule has 0 saturated heterocycles. The highest BCUT2D eigenvalue weighted by molar-refractivity contribution is 7.48. The van der Waals surface area contributed by atoms with E-state index in [9.17, 15) is 9.36 Å². The molecule has 0 aromatic carbocycles. The lowest BCUT2D eigenvalue weighted by atomic mass is 10.1. The van der Waals surface area contributed by atoms with Crippen molar-refractivity contribution in [1.29, 1.82) is 0 Å². The lowest BCUT2D eigenvalue weighted by molar-refractivity contribution is -0.150. The molecule has 6 nitrogen and oxygen atoms in total. The predicted octanol–water partition coefficient (Wildman–Crippen LogP) is 2.05. The summed E-state index contributed by atoms with van der Waals surface area (Å²) in [7, 11) is -3.91. The summed E-state index contributed by atoms with van der Waals surface area (Å²) in [6.07, 6.45) is 0. The van der Waals surface area contributed by atoms with Crippen molar-refractivity contribution in [2.45, 2.75) is 33.3 Å². The summed E-state index contributed by atoms with van der Waals surface area (Å²) in [5.74, 6) is 3.38. The van der Waals surface area contributed by atoms with Crippen LogP contribution in [0.5, 0.6) is 0 Å². The standard InChI is InChI=1S/C10H17O6P/c1-5-8-10(4,9(11)12)16-17(13,14-6-2)15-7-3/h6-7H2,1-4H3,(H,11,12). The zero-order chi connectivity index (χ0) is 13.5. The quantitative estimate of drug-likeness (QED) is 0.559. The second-order valence-electron chi connectivity index (χ2n) is 3.09. The van der Waals surface area contributed by atoms with Gasteiger partial charge in [0.25, 0.3) is 0 Å². The summed E-state index contributed by atoms with van der Waals surface area (Å²) in [6.45, 7) is 5.99. The van der Waals surface area contributed by atoms with E-state index in [2.05, 4.69) is 11.8 Å². The van der Waals surface area contributed by atoms with Crippen LogP contribution in [0.1, 0.15) is 27.7 Å². The van der Waals surface area contributed by atoms with Gasteiger partial charge in [0.05, 0.1) is 13.2 Å². The van der Waals surface area contributed by atoms with Crippen molar-refractivity contribution >= 4 is 13.8 Å². The zero-order valence-electron chi connectivity index (χ0n) is 10.3. The fourth-order valence-electron chi connectivity index (χ4n) is 0.984. The Balaban J connectivity index is 5.11. The highest BCUT2D eigenvalue weighted by Crippen LogP contribution is 2.52. The van der Waals surface area contributed by atoms with Crippen molar-refractivity contribution in [2.75, 3.05) is 13.2 Å². The van der Waals surface area contributed by atoms with Crippen molar-refractivity contribution < 1.29 is 28.0 Å². The van der Waals surface area contributed by atoms with Crippen molar-refractivity contribution in [3.05, 3.63) is 0 Å². The molecular formula is C10H17O6P. The molecule has 17 heavy (non-hydrogen) atoms. The Labute approximate surface area is 101 Å². The molecule has 0 radical (unpaired) electrons. The maximum Gasteiger partial charge on any atom is 0.476 e. The van der Waals surface area contributed by atoms with E-state index in [1.165, 1.54) is 13.8 Å². The first-order valence-electron chi connectivity index (χ1n) is 5.10. The number of hydrogen-bond acceptors (Lipinski definition) is 5. The van der Waals surface area contributed by atoms with Crippen LogP contribution in [-0.4, -0.2) is 29.9 Å². The Morgan fingerprint density at radius 3 is 2.12 bits per heavy atom. The van der Waals surface area contributed by atoms with Crippen molar-refractivity contribution in [2.24, 2.45) is 0 Å². The highest BCUT2D eigenvalue weighted by Gasteiger charge is 2.42. The summed E-state index contributed by atoms with van der Waals surface area (Å²) < 4.78 is 26.6. The van der Waals surface area contributed by atoms with Gasteiger partial charge in [0.2, 0.25) is 5.60 Å². The molecule has 0 heterocycles. The molecule has 0 aromatic rings. The molecule has 0 aliphatic carbocycles. The largest absolute Gasteiger partial charge is 0.478 e. The molecule has 1 unspecified atom stereocenters. The van der Waals surface area contributed by atoms with Gasteiger partial charge in [-0.3, -0.25) is 13.6 Å². The lowest BCUT2D eigenvalue weighted by Crippen LogP contribution is -2.36. The van der Waals surface area contributed by atoms with Gasteiger partial charge >= 0.3 is 13.8 Å². The number of carbonyl (C=O) groups is 1. The van der Waals surface area contributed by atoms with Crippen LogP contribution in [-0.2, 0) is 22.9 Å². The summed E-state index contributed by atoms with van der Waals surface area (Å²) in [5.41, 5.74) is -1.92. The van der Waals surface area contributed by atoms with E-state index in [1.807, 2.05) is 0 Å². The predicted molar refractivity (Wildman–Crippen MR) is 61.4 cm³/mol. The van der Waals surface area contributed by atoms with Gasteiger partial charge in [0.1, 0.15) is 0 Å². The smallest absolute Gasteiger partial charge is 0.476 e. The normalized spacial score (nSPS) is 14.6. The maximum atomic E-state index is 12.0. The summed E-state index contributed by atoms with van der Waals surface area (Å²) in [4.78, 5) is 11.0. The second kappa shape index (κ2) is 6.77. The molecule has 0 aliphatic rings. The number of carboxylic acid groups (broad SMARTS) is 1. The van der Waals surface area contributed by atoms with Crippen LogP contribution >= 0.6 is 7.82 Å². The van der Waals surface area contributed by atoms with Gasteiger partial charge in [0.15, 0.2) is 0 Å². The van der Waals surface area contributed by atoms with Crippen molar-refractivity contribution in [3.8, 4) is 11.8 Å². The van der Waals surface area contributed by atoms with E-state index in [0.29, 0.717) is 0 Å². The molecule has 1 atom stereocenters. The van der Waals surface area contributed by atoms with Crippen LogP contribution < -0.4 is 0 Å². The van der Waals surface area contributed by atoms with Gasteiger partial charge in [-0.1, -0.05) is 5.92 Å². The van der Waals surface area contributed by atoms with Gasteiger partial charge < -0.3 is 5.11 Å². The van der Waals surface area contributed by atoms with Crippen LogP contribution in [0.4, 0.5) is 0 Å². The van der Waals surface area contributed by atoms with Gasteiger partial charge in [0, 0.05) is 0 Å². The Hall–Kier alpha value is -0.860. The number of rotatable bonds is 7. The van der Waals surface area contributed by atoms with Crippen LogP contribution in [0.15, 0.2) is 0 Å². The molecule has 0 bridgehead atoms. The average Bonchev–Trinajstić information content (AvgIpc) is 2.17. The zero-order valence-corrected chi connectivity index (χ0v) is 11.2.